The molecule has 0 radical (unpaired) electrons. The lowest BCUT2D eigenvalue weighted by Gasteiger charge is -2.31. The van der Waals surface area contributed by atoms with E-state index >= 15 is 0 Å². The zero-order chi connectivity index (χ0) is 35.3. The van der Waals surface area contributed by atoms with Crippen molar-refractivity contribution in [2.45, 2.75) is 66.3 Å². The number of anilines is 5. The lowest BCUT2D eigenvalue weighted by molar-refractivity contribution is 0.350. The van der Waals surface area contributed by atoms with Crippen LogP contribution in [0.2, 0.25) is 0 Å². The van der Waals surface area contributed by atoms with E-state index in [-0.39, 0.29) is 0 Å². The van der Waals surface area contributed by atoms with E-state index in [0.29, 0.717) is 12.0 Å². The Bertz CT molecular complexity index is 1970. The van der Waals surface area contributed by atoms with Crippen LogP contribution in [0, 0.1) is 25.7 Å². The van der Waals surface area contributed by atoms with Gasteiger partial charge < -0.3 is 15.1 Å². The van der Waals surface area contributed by atoms with E-state index in [2.05, 4.69) is 183 Å². The Morgan fingerprint density at radius 2 is 1.06 bits per heavy atom. The van der Waals surface area contributed by atoms with Crippen LogP contribution in [-0.4, -0.2) is 19.1 Å². The van der Waals surface area contributed by atoms with E-state index in [1.165, 1.54) is 98.6 Å². The zero-order valence-corrected chi connectivity index (χ0v) is 31.0. The first kappa shape index (κ1) is 34.3. The Morgan fingerprint density at radius 3 is 1.57 bits per heavy atom. The van der Waals surface area contributed by atoms with Gasteiger partial charge in [0.05, 0.1) is 39.7 Å². The second kappa shape index (κ2) is 15.4. The van der Waals surface area contributed by atoms with Gasteiger partial charge in [0, 0.05) is 41.3 Å². The minimum atomic E-state index is 0.515. The van der Waals surface area contributed by atoms with E-state index < -0.39 is 0 Å². The van der Waals surface area contributed by atoms with Gasteiger partial charge in [-0.25, -0.2) is 0 Å². The SMILES string of the molecule is CCN(c1ccc([C+](c2ccc(N(CC)c3ccccc3C)cc2)c2ccc(NC3CCCCC3C)c3ccccc23)cc1)c1ccccc1C. The third-order valence-electron chi connectivity index (χ3n) is 11.0. The van der Waals surface area contributed by atoms with Crippen molar-refractivity contribution in [3.05, 3.63) is 167 Å². The molecule has 1 N–H and O–H groups in total. The number of fused-ring (bicyclic) bond motifs is 1. The Labute approximate surface area is 306 Å². The van der Waals surface area contributed by atoms with Crippen LogP contribution in [-0.2, 0) is 0 Å². The van der Waals surface area contributed by atoms with Crippen molar-refractivity contribution in [1.29, 1.82) is 0 Å². The van der Waals surface area contributed by atoms with Crippen LogP contribution in [0.4, 0.5) is 28.4 Å². The van der Waals surface area contributed by atoms with Gasteiger partial charge in [0.1, 0.15) is 0 Å². The first-order valence-corrected chi connectivity index (χ1v) is 19.0. The summed E-state index contributed by atoms with van der Waals surface area (Å²) in [5, 5.41) is 6.55. The van der Waals surface area contributed by atoms with Crippen molar-refractivity contribution in [3.8, 4) is 0 Å². The highest BCUT2D eigenvalue weighted by atomic mass is 15.1. The number of nitrogens with one attached hydrogen (secondary N) is 1. The van der Waals surface area contributed by atoms with E-state index in [4.69, 9.17) is 0 Å². The van der Waals surface area contributed by atoms with Gasteiger partial charge in [-0.1, -0.05) is 68.3 Å². The van der Waals surface area contributed by atoms with Gasteiger partial charge in [-0.2, -0.15) is 0 Å². The first-order valence-electron chi connectivity index (χ1n) is 19.0. The maximum absolute atomic E-state index is 3.99. The molecule has 0 spiro atoms. The fraction of sp³-hybridized carbons (Fsp3) is 0.271. The standard InChI is InChI=1S/C48H52N3/c1-6-50(46-22-14-9-17-35(46)4)39-28-24-37(25-29-39)48(38-26-30-40(31-27-38)51(7-2)47-23-15-10-18-36(47)5)43-32-33-45(42-20-12-11-19-41(42)43)49-44-21-13-8-16-34(44)3/h9-12,14-15,17-20,22-34,44,49H,6-8,13,16,21H2,1-5H3/q+1. The van der Waals surface area contributed by atoms with Gasteiger partial charge in [-0.05, 0) is 143 Å². The number of hydrogen-bond acceptors (Lipinski definition) is 3. The van der Waals surface area contributed by atoms with Crippen LogP contribution in [0.1, 0.15) is 74.3 Å². The molecule has 0 aliphatic heterocycles. The monoisotopic (exact) mass is 670 g/mol. The highest BCUT2D eigenvalue weighted by molar-refractivity contribution is 5.98. The van der Waals surface area contributed by atoms with E-state index in [1.807, 2.05) is 0 Å². The molecular weight excluding hydrogens is 619 g/mol. The summed E-state index contributed by atoms with van der Waals surface area (Å²) in [4.78, 5) is 4.81. The molecule has 0 saturated heterocycles. The molecule has 0 amide bonds. The Balaban J connectivity index is 1.31. The normalized spacial score (nSPS) is 15.8. The van der Waals surface area contributed by atoms with Crippen LogP contribution >= 0.6 is 0 Å². The molecule has 2 atom stereocenters. The minimum absolute atomic E-state index is 0.515. The molecule has 6 aromatic rings. The van der Waals surface area contributed by atoms with Crippen molar-refractivity contribution in [2.24, 2.45) is 5.92 Å². The lowest BCUT2D eigenvalue weighted by atomic mass is 9.82. The Morgan fingerprint density at radius 1 is 0.569 bits per heavy atom. The van der Waals surface area contributed by atoms with Crippen LogP contribution in [0.5, 0.6) is 0 Å². The molecule has 0 aromatic heterocycles. The predicted octanol–water partition coefficient (Wildman–Crippen LogP) is 12.8. The maximum atomic E-state index is 3.99. The molecule has 3 heteroatoms. The molecule has 0 bridgehead atoms. The van der Waals surface area contributed by atoms with Crippen molar-refractivity contribution >= 4 is 39.2 Å². The number of rotatable bonds is 11. The summed E-state index contributed by atoms with van der Waals surface area (Å²) < 4.78 is 0. The third kappa shape index (κ3) is 7.08. The smallest absolute Gasteiger partial charge is 0.0638 e. The summed E-state index contributed by atoms with van der Waals surface area (Å²) in [6.45, 7) is 13.0. The van der Waals surface area contributed by atoms with E-state index in [9.17, 15) is 0 Å². The third-order valence-corrected chi connectivity index (χ3v) is 11.0. The lowest BCUT2D eigenvalue weighted by Crippen LogP contribution is -2.30. The molecule has 51 heavy (non-hydrogen) atoms. The fourth-order valence-corrected chi connectivity index (χ4v) is 8.18. The molecule has 2 unspecified atom stereocenters. The quantitative estimate of drug-likeness (QED) is 0.109. The Hall–Kier alpha value is -5.15. The summed E-state index contributed by atoms with van der Waals surface area (Å²) in [6, 6.07) is 49.9. The topological polar surface area (TPSA) is 18.5 Å². The number of nitrogens with zero attached hydrogens (tertiary/aromatic N) is 2. The van der Waals surface area contributed by atoms with Crippen LogP contribution in [0.3, 0.4) is 0 Å². The van der Waals surface area contributed by atoms with Crippen molar-refractivity contribution in [2.75, 3.05) is 28.2 Å². The van der Waals surface area contributed by atoms with Crippen LogP contribution in [0.25, 0.3) is 10.8 Å². The second-order valence-corrected chi connectivity index (χ2v) is 14.2. The molecule has 3 nitrogen and oxygen atoms in total. The highest BCUT2D eigenvalue weighted by Gasteiger charge is 2.28. The van der Waals surface area contributed by atoms with Crippen LogP contribution in [0.15, 0.2) is 133 Å². The Kier molecular flexibility index (Phi) is 10.4. The maximum Gasteiger partial charge on any atom is 0.0638 e. The molecule has 1 fully saturated rings. The molecule has 7 rings (SSSR count). The summed E-state index contributed by atoms with van der Waals surface area (Å²) >= 11 is 0. The summed E-state index contributed by atoms with van der Waals surface area (Å²) in [6.07, 6.45) is 5.19. The number of aryl methyl sites for hydroxylation is 2. The summed E-state index contributed by atoms with van der Waals surface area (Å²) in [7, 11) is 0. The second-order valence-electron chi connectivity index (χ2n) is 14.2. The molecule has 1 aliphatic rings. The zero-order valence-electron chi connectivity index (χ0n) is 31.0. The largest absolute Gasteiger partial charge is 0.381 e. The first-order chi connectivity index (χ1) is 25.0. The van der Waals surface area contributed by atoms with Crippen molar-refractivity contribution in [3.63, 3.8) is 0 Å². The average Bonchev–Trinajstić information content (AvgIpc) is 3.16. The molecule has 1 saturated carbocycles. The van der Waals surface area contributed by atoms with Crippen LogP contribution < -0.4 is 15.1 Å². The van der Waals surface area contributed by atoms with Crippen molar-refractivity contribution in [1.82, 2.24) is 0 Å². The summed E-state index contributed by atoms with van der Waals surface area (Å²) in [5.41, 5.74) is 12.4. The fourth-order valence-electron chi connectivity index (χ4n) is 8.18. The molecule has 258 valence electrons. The molecule has 6 aromatic carbocycles. The predicted molar refractivity (Wildman–Crippen MR) is 220 cm³/mol. The van der Waals surface area contributed by atoms with Gasteiger partial charge in [0.2, 0.25) is 0 Å². The molecular formula is C48H52N3+. The van der Waals surface area contributed by atoms with Gasteiger partial charge in [-0.15, -0.1) is 0 Å². The number of para-hydroxylation sites is 2. The van der Waals surface area contributed by atoms with Crippen molar-refractivity contribution < 1.29 is 0 Å². The van der Waals surface area contributed by atoms with Gasteiger partial charge in [-0.3, -0.25) is 0 Å². The van der Waals surface area contributed by atoms with Gasteiger partial charge >= 0.3 is 0 Å². The molecule has 1 aliphatic carbocycles. The van der Waals surface area contributed by atoms with Gasteiger partial charge in [0.15, 0.2) is 0 Å². The van der Waals surface area contributed by atoms with E-state index in [1.54, 1.807) is 0 Å². The van der Waals surface area contributed by atoms with Gasteiger partial charge in [0.25, 0.3) is 0 Å². The highest BCUT2D eigenvalue weighted by Crippen LogP contribution is 2.41. The number of hydrogen-bond donors (Lipinski definition) is 1. The summed E-state index contributed by atoms with van der Waals surface area (Å²) in [5.74, 6) is 1.93. The molecule has 0 heterocycles. The number of benzene rings is 6. The van der Waals surface area contributed by atoms with E-state index in [0.717, 1.165) is 13.1 Å². The average molecular weight is 671 g/mol. The minimum Gasteiger partial charge on any atom is -0.381 e.